The molecule has 112 valence electrons. The standard InChI is InChI=1S/C15H26N4S/c1-15(2,16)11-18-7-9-19(10-8-18)14-17-12-5-3-4-6-13(12)20-14/h3-11,16H2,1-2H3. The molecule has 0 unspecified atom stereocenters. The van der Waals surface area contributed by atoms with Crippen LogP contribution in [0.1, 0.15) is 37.3 Å². The summed E-state index contributed by atoms with van der Waals surface area (Å²) in [5, 5.41) is 1.25. The number of fused-ring (bicyclic) bond motifs is 1. The average molecular weight is 294 g/mol. The van der Waals surface area contributed by atoms with E-state index in [2.05, 4.69) is 23.6 Å². The van der Waals surface area contributed by atoms with E-state index in [0.717, 1.165) is 32.7 Å². The smallest absolute Gasteiger partial charge is 0.185 e. The highest BCUT2D eigenvalue weighted by Gasteiger charge is 2.24. The molecule has 1 aromatic rings. The molecule has 1 aliphatic carbocycles. The van der Waals surface area contributed by atoms with Crippen molar-refractivity contribution in [1.29, 1.82) is 0 Å². The number of aromatic nitrogens is 1. The maximum Gasteiger partial charge on any atom is 0.185 e. The molecule has 0 amide bonds. The minimum absolute atomic E-state index is 0.0948. The predicted molar refractivity (Wildman–Crippen MR) is 85.7 cm³/mol. The van der Waals surface area contributed by atoms with Crippen LogP contribution in [0.3, 0.4) is 0 Å². The summed E-state index contributed by atoms with van der Waals surface area (Å²) in [7, 11) is 0. The summed E-state index contributed by atoms with van der Waals surface area (Å²) in [4.78, 5) is 11.4. The first-order chi connectivity index (χ1) is 9.51. The van der Waals surface area contributed by atoms with Crippen LogP contribution in [0.2, 0.25) is 0 Å². The van der Waals surface area contributed by atoms with Crippen LogP contribution in [0.25, 0.3) is 0 Å². The van der Waals surface area contributed by atoms with E-state index in [9.17, 15) is 0 Å². The Morgan fingerprint density at radius 3 is 2.50 bits per heavy atom. The molecule has 2 N–H and O–H groups in total. The summed E-state index contributed by atoms with van der Waals surface area (Å²) >= 11 is 1.93. The Morgan fingerprint density at radius 2 is 1.85 bits per heavy atom. The zero-order valence-corrected chi connectivity index (χ0v) is 13.5. The van der Waals surface area contributed by atoms with Crippen molar-refractivity contribution >= 4 is 16.5 Å². The molecule has 5 heteroatoms. The molecule has 0 bridgehead atoms. The fourth-order valence-electron chi connectivity index (χ4n) is 3.15. The van der Waals surface area contributed by atoms with Crippen LogP contribution < -0.4 is 10.6 Å². The number of piperazine rings is 1. The molecule has 1 aromatic heterocycles. The van der Waals surface area contributed by atoms with Gasteiger partial charge in [0.05, 0.1) is 5.69 Å². The minimum atomic E-state index is -0.0948. The molecule has 2 aliphatic rings. The van der Waals surface area contributed by atoms with Crippen molar-refractivity contribution in [2.45, 2.75) is 45.1 Å². The number of aryl methyl sites for hydroxylation is 2. The van der Waals surface area contributed by atoms with Crippen molar-refractivity contribution < 1.29 is 0 Å². The van der Waals surface area contributed by atoms with Gasteiger partial charge in [0.1, 0.15) is 0 Å². The normalized spacial score (nSPS) is 21.1. The average Bonchev–Trinajstić information content (AvgIpc) is 2.81. The van der Waals surface area contributed by atoms with Crippen molar-refractivity contribution in [3.63, 3.8) is 0 Å². The largest absolute Gasteiger partial charge is 0.346 e. The van der Waals surface area contributed by atoms with Gasteiger partial charge in [-0.1, -0.05) is 0 Å². The molecule has 1 saturated heterocycles. The first-order valence-corrected chi connectivity index (χ1v) is 8.58. The first kappa shape index (κ1) is 14.3. The SMILES string of the molecule is CC(C)(N)CN1CCN(c2nc3c(s2)CCCC3)CC1. The molecule has 0 aromatic carbocycles. The number of anilines is 1. The number of hydrogen-bond acceptors (Lipinski definition) is 5. The van der Waals surface area contributed by atoms with Crippen LogP contribution >= 0.6 is 11.3 Å². The third kappa shape index (κ3) is 3.32. The Balaban J connectivity index is 1.59. The Morgan fingerprint density at radius 1 is 1.15 bits per heavy atom. The molecule has 1 fully saturated rings. The van der Waals surface area contributed by atoms with E-state index in [1.54, 1.807) is 0 Å². The molecule has 0 atom stereocenters. The molecule has 0 radical (unpaired) electrons. The third-order valence-electron chi connectivity index (χ3n) is 4.11. The van der Waals surface area contributed by atoms with E-state index >= 15 is 0 Å². The van der Waals surface area contributed by atoms with Crippen molar-refractivity contribution in [2.75, 3.05) is 37.6 Å². The van der Waals surface area contributed by atoms with Gasteiger partial charge in [0.2, 0.25) is 0 Å². The lowest BCUT2D eigenvalue weighted by atomic mass is 10.0. The van der Waals surface area contributed by atoms with Crippen molar-refractivity contribution in [3.05, 3.63) is 10.6 Å². The topological polar surface area (TPSA) is 45.4 Å². The monoisotopic (exact) mass is 294 g/mol. The minimum Gasteiger partial charge on any atom is -0.346 e. The lowest BCUT2D eigenvalue weighted by Gasteiger charge is -2.37. The summed E-state index contributed by atoms with van der Waals surface area (Å²) in [6, 6.07) is 0. The number of nitrogens with zero attached hydrogens (tertiary/aromatic N) is 3. The molecule has 3 rings (SSSR count). The third-order valence-corrected chi connectivity index (χ3v) is 5.33. The molecule has 20 heavy (non-hydrogen) atoms. The molecular formula is C15H26N4S. The Bertz CT molecular complexity index is 431. The van der Waals surface area contributed by atoms with Gasteiger partial charge in [0.15, 0.2) is 5.13 Å². The zero-order valence-electron chi connectivity index (χ0n) is 12.7. The van der Waals surface area contributed by atoms with Crippen LogP contribution in [0.4, 0.5) is 5.13 Å². The predicted octanol–water partition coefficient (Wildman–Crippen LogP) is 1.88. The fraction of sp³-hybridized carbons (Fsp3) is 0.800. The van der Waals surface area contributed by atoms with Crippen LogP contribution in [-0.2, 0) is 12.8 Å². The highest BCUT2D eigenvalue weighted by atomic mass is 32.1. The van der Waals surface area contributed by atoms with E-state index in [1.807, 2.05) is 11.3 Å². The quantitative estimate of drug-likeness (QED) is 0.924. The Hall–Kier alpha value is -0.650. The van der Waals surface area contributed by atoms with Gasteiger partial charge in [-0.05, 0) is 39.5 Å². The number of rotatable bonds is 3. The van der Waals surface area contributed by atoms with Gasteiger partial charge in [-0.15, -0.1) is 11.3 Å². The molecule has 0 spiro atoms. The van der Waals surface area contributed by atoms with E-state index in [0.29, 0.717) is 0 Å². The highest BCUT2D eigenvalue weighted by Crippen LogP contribution is 2.32. The summed E-state index contributed by atoms with van der Waals surface area (Å²) in [5.41, 5.74) is 7.39. The molecule has 0 saturated carbocycles. The number of thiazole rings is 1. The van der Waals surface area contributed by atoms with Crippen LogP contribution in [-0.4, -0.2) is 48.1 Å². The van der Waals surface area contributed by atoms with Crippen LogP contribution in [0.15, 0.2) is 0 Å². The Kier molecular flexibility index (Phi) is 4.02. The van der Waals surface area contributed by atoms with E-state index in [-0.39, 0.29) is 5.54 Å². The van der Waals surface area contributed by atoms with Crippen molar-refractivity contribution in [1.82, 2.24) is 9.88 Å². The molecule has 2 heterocycles. The van der Waals surface area contributed by atoms with E-state index in [4.69, 9.17) is 10.7 Å². The molecular weight excluding hydrogens is 268 g/mol. The lowest BCUT2D eigenvalue weighted by molar-refractivity contribution is 0.214. The van der Waals surface area contributed by atoms with Crippen LogP contribution in [0, 0.1) is 0 Å². The summed E-state index contributed by atoms with van der Waals surface area (Å²) in [5.74, 6) is 0. The second-order valence-electron chi connectivity index (χ2n) is 6.83. The zero-order chi connectivity index (χ0) is 14.2. The summed E-state index contributed by atoms with van der Waals surface area (Å²) in [6.07, 6.45) is 5.09. The first-order valence-electron chi connectivity index (χ1n) is 7.76. The summed E-state index contributed by atoms with van der Waals surface area (Å²) < 4.78 is 0. The number of hydrogen-bond donors (Lipinski definition) is 1. The van der Waals surface area contributed by atoms with E-state index < -0.39 is 0 Å². The van der Waals surface area contributed by atoms with Gasteiger partial charge < -0.3 is 10.6 Å². The van der Waals surface area contributed by atoms with Gasteiger partial charge in [0, 0.05) is 43.1 Å². The van der Waals surface area contributed by atoms with E-state index in [1.165, 1.54) is 41.4 Å². The second-order valence-corrected chi connectivity index (χ2v) is 7.89. The van der Waals surface area contributed by atoms with Crippen molar-refractivity contribution in [3.8, 4) is 0 Å². The lowest BCUT2D eigenvalue weighted by Crippen LogP contribution is -2.53. The second kappa shape index (κ2) is 5.62. The van der Waals surface area contributed by atoms with Gasteiger partial charge in [-0.3, -0.25) is 4.90 Å². The van der Waals surface area contributed by atoms with Gasteiger partial charge in [0.25, 0.3) is 0 Å². The molecule has 4 nitrogen and oxygen atoms in total. The Labute approximate surface area is 126 Å². The van der Waals surface area contributed by atoms with Gasteiger partial charge >= 0.3 is 0 Å². The summed E-state index contributed by atoms with van der Waals surface area (Å²) in [6.45, 7) is 9.57. The van der Waals surface area contributed by atoms with Gasteiger partial charge in [-0.25, -0.2) is 4.98 Å². The van der Waals surface area contributed by atoms with Gasteiger partial charge in [-0.2, -0.15) is 0 Å². The van der Waals surface area contributed by atoms with Crippen LogP contribution in [0.5, 0.6) is 0 Å². The molecule has 1 aliphatic heterocycles. The maximum atomic E-state index is 6.11. The van der Waals surface area contributed by atoms with Crippen molar-refractivity contribution in [2.24, 2.45) is 5.73 Å². The highest BCUT2D eigenvalue weighted by molar-refractivity contribution is 7.15. The number of nitrogens with two attached hydrogens (primary N) is 1. The fourth-order valence-corrected chi connectivity index (χ4v) is 4.35. The maximum absolute atomic E-state index is 6.11.